The van der Waals surface area contributed by atoms with Crippen molar-refractivity contribution in [2.24, 2.45) is 11.8 Å². The molecule has 5 heteroatoms. The zero-order chi connectivity index (χ0) is 16.3. The van der Waals surface area contributed by atoms with Gasteiger partial charge in [-0.25, -0.2) is 0 Å². The van der Waals surface area contributed by atoms with Crippen LogP contribution in [0.2, 0.25) is 0 Å². The van der Waals surface area contributed by atoms with Crippen LogP contribution in [0.1, 0.15) is 40.0 Å². The number of hydrogen-bond donors (Lipinski definition) is 0. The molecule has 0 spiro atoms. The summed E-state index contributed by atoms with van der Waals surface area (Å²) >= 11 is 0. The van der Waals surface area contributed by atoms with Crippen molar-refractivity contribution in [3.8, 4) is 6.07 Å². The minimum Gasteiger partial charge on any atom is -0.302 e. The fourth-order valence-electron chi connectivity index (χ4n) is 3.24. The summed E-state index contributed by atoms with van der Waals surface area (Å²) < 4.78 is 0. The molecule has 5 nitrogen and oxygen atoms in total. The van der Waals surface area contributed by atoms with Crippen LogP contribution >= 0.6 is 0 Å². The predicted molar refractivity (Wildman–Crippen MR) is 83.7 cm³/mol. The van der Waals surface area contributed by atoms with Crippen LogP contribution in [0.25, 0.3) is 0 Å². The van der Waals surface area contributed by atoms with E-state index in [1.165, 1.54) is 11.3 Å². The largest absolute Gasteiger partial charge is 0.302 e. The van der Waals surface area contributed by atoms with E-state index < -0.39 is 5.91 Å². The first-order chi connectivity index (χ1) is 10.5. The Morgan fingerprint density at radius 3 is 2.41 bits per heavy atom. The summed E-state index contributed by atoms with van der Waals surface area (Å²) in [6.45, 7) is 8.70. The Bertz CT molecular complexity index is 525. The van der Waals surface area contributed by atoms with E-state index in [1.54, 1.807) is 6.92 Å². The van der Waals surface area contributed by atoms with Gasteiger partial charge in [0.1, 0.15) is 11.6 Å². The Kier molecular flexibility index (Phi) is 5.36. The molecule has 2 aliphatic rings. The highest BCUT2D eigenvalue weighted by molar-refractivity contribution is 6.11. The summed E-state index contributed by atoms with van der Waals surface area (Å²) in [5.74, 6) is -0.722. The van der Waals surface area contributed by atoms with Gasteiger partial charge < -0.3 is 4.90 Å². The summed E-state index contributed by atoms with van der Waals surface area (Å²) in [5.41, 5.74) is 0.797. The molecule has 2 amide bonds. The second kappa shape index (κ2) is 7.06. The molecule has 120 valence electrons. The zero-order valence-electron chi connectivity index (χ0n) is 13.8. The first kappa shape index (κ1) is 16.7. The van der Waals surface area contributed by atoms with Crippen LogP contribution in [0.15, 0.2) is 11.1 Å². The van der Waals surface area contributed by atoms with Gasteiger partial charge in [-0.05, 0) is 44.3 Å². The van der Waals surface area contributed by atoms with Crippen LogP contribution in [0.3, 0.4) is 0 Å². The van der Waals surface area contributed by atoms with E-state index in [-0.39, 0.29) is 23.3 Å². The summed E-state index contributed by atoms with van der Waals surface area (Å²) in [5, 5.41) is 9.31. The Labute approximate surface area is 132 Å². The van der Waals surface area contributed by atoms with Gasteiger partial charge in [0.2, 0.25) is 5.91 Å². The van der Waals surface area contributed by atoms with E-state index in [1.807, 2.05) is 19.9 Å². The van der Waals surface area contributed by atoms with E-state index >= 15 is 0 Å². The van der Waals surface area contributed by atoms with Gasteiger partial charge in [-0.15, -0.1) is 0 Å². The smallest absolute Gasteiger partial charge is 0.271 e. The van der Waals surface area contributed by atoms with Gasteiger partial charge in [-0.2, -0.15) is 5.26 Å². The molecule has 0 saturated carbocycles. The second-order valence-corrected chi connectivity index (χ2v) is 6.73. The summed E-state index contributed by atoms with van der Waals surface area (Å²) in [6, 6.07) is 2.01. The van der Waals surface area contributed by atoms with Crippen LogP contribution in [0.4, 0.5) is 0 Å². The van der Waals surface area contributed by atoms with Gasteiger partial charge in [-0.3, -0.25) is 14.5 Å². The van der Waals surface area contributed by atoms with Crippen molar-refractivity contribution in [2.75, 3.05) is 26.2 Å². The van der Waals surface area contributed by atoms with Crippen molar-refractivity contribution in [1.82, 2.24) is 9.80 Å². The molecule has 0 aromatic carbocycles. The second-order valence-electron chi connectivity index (χ2n) is 6.73. The maximum absolute atomic E-state index is 12.8. The number of carbonyl (C=O) groups excluding carboxylic acids is 2. The number of likely N-dealkylation sites (tertiary alicyclic amines) is 1. The lowest BCUT2D eigenvalue weighted by Crippen LogP contribution is -2.51. The molecular formula is C17H25N3O2. The van der Waals surface area contributed by atoms with Crippen LogP contribution in [0, 0.1) is 23.2 Å². The third kappa shape index (κ3) is 3.38. The maximum atomic E-state index is 12.8. The van der Waals surface area contributed by atoms with Gasteiger partial charge >= 0.3 is 0 Å². The van der Waals surface area contributed by atoms with Gasteiger partial charge in [0.05, 0.1) is 5.92 Å². The predicted octanol–water partition coefficient (Wildman–Crippen LogP) is 1.95. The van der Waals surface area contributed by atoms with Crippen molar-refractivity contribution < 1.29 is 9.59 Å². The van der Waals surface area contributed by atoms with Crippen molar-refractivity contribution >= 4 is 11.8 Å². The van der Waals surface area contributed by atoms with Crippen molar-refractivity contribution in [2.45, 2.75) is 40.0 Å². The zero-order valence-corrected chi connectivity index (χ0v) is 13.8. The number of rotatable bonds is 4. The van der Waals surface area contributed by atoms with E-state index in [4.69, 9.17) is 0 Å². The first-order valence-corrected chi connectivity index (χ1v) is 8.14. The monoisotopic (exact) mass is 303 g/mol. The quantitative estimate of drug-likeness (QED) is 0.745. The summed E-state index contributed by atoms with van der Waals surface area (Å²) in [4.78, 5) is 28.7. The third-order valence-electron chi connectivity index (χ3n) is 4.49. The Morgan fingerprint density at radius 1 is 1.23 bits per heavy atom. The molecular weight excluding hydrogens is 278 g/mol. The van der Waals surface area contributed by atoms with Gasteiger partial charge in [-0.1, -0.05) is 20.3 Å². The summed E-state index contributed by atoms with van der Waals surface area (Å²) in [7, 11) is 0. The molecule has 1 unspecified atom stereocenters. The molecule has 2 heterocycles. The molecule has 1 fully saturated rings. The standard InChI is InChI=1S/C17H25N3O2/c1-12(2)10-20-16(21)14(9-18)13(3)15(17(20)22)11-19-7-5-4-6-8-19/h12,15H,4-8,10-11H2,1-3H3. The molecule has 22 heavy (non-hydrogen) atoms. The van der Waals surface area contributed by atoms with E-state index in [9.17, 15) is 14.9 Å². The third-order valence-corrected chi connectivity index (χ3v) is 4.49. The normalized spacial score (nSPS) is 24.1. The van der Waals surface area contributed by atoms with Gasteiger partial charge in [0.25, 0.3) is 5.91 Å². The fourth-order valence-corrected chi connectivity index (χ4v) is 3.24. The molecule has 0 bridgehead atoms. The number of carbonyl (C=O) groups is 2. The highest BCUT2D eigenvalue weighted by Gasteiger charge is 2.39. The highest BCUT2D eigenvalue weighted by atomic mass is 16.2. The van der Waals surface area contributed by atoms with Gasteiger partial charge in [0, 0.05) is 13.1 Å². The van der Waals surface area contributed by atoms with E-state index in [0.717, 1.165) is 25.9 Å². The molecule has 0 aliphatic carbocycles. The SMILES string of the molecule is CC1=C(C#N)C(=O)N(CC(C)C)C(=O)C1CN1CCCCC1. The molecule has 0 aromatic rings. The number of nitrogens with zero attached hydrogens (tertiary/aromatic N) is 3. The lowest BCUT2D eigenvalue weighted by molar-refractivity contribution is -0.147. The topological polar surface area (TPSA) is 64.4 Å². The van der Waals surface area contributed by atoms with E-state index in [2.05, 4.69) is 4.90 Å². The van der Waals surface area contributed by atoms with Crippen LogP contribution in [-0.4, -0.2) is 47.8 Å². The Morgan fingerprint density at radius 2 is 1.86 bits per heavy atom. The number of imide groups is 1. The lowest BCUT2D eigenvalue weighted by Gasteiger charge is -2.36. The molecule has 0 N–H and O–H groups in total. The van der Waals surface area contributed by atoms with Crippen LogP contribution in [0.5, 0.6) is 0 Å². The first-order valence-electron chi connectivity index (χ1n) is 8.14. The molecule has 1 atom stereocenters. The van der Waals surface area contributed by atoms with Crippen molar-refractivity contribution in [1.29, 1.82) is 5.26 Å². The minimum atomic E-state index is -0.423. The summed E-state index contributed by atoms with van der Waals surface area (Å²) in [6.07, 6.45) is 3.55. The number of piperidine rings is 1. The molecule has 0 aromatic heterocycles. The van der Waals surface area contributed by atoms with Crippen LogP contribution in [-0.2, 0) is 9.59 Å². The Balaban J connectivity index is 2.25. The average Bonchev–Trinajstić information content (AvgIpc) is 2.49. The molecule has 1 saturated heterocycles. The molecule has 0 radical (unpaired) electrons. The lowest BCUT2D eigenvalue weighted by atomic mass is 9.88. The molecule has 2 rings (SSSR count). The number of hydrogen-bond acceptors (Lipinski definition) is 4. The average molecular weight is 303 g/mol. The highest BCUT2D eigenvalue weighted by Crippen LogP contribution is 2.27. The molecule has 2 aliphatic heterocycles. The van der Waals surface area contributed by atoms with Crippen molar-refractivity contribution in [3.05, 3.63) is 11.1 Å². The fraction of sp³-hybridized carbons (Fsp3) is 0.706. The number of amides is 2. The van der Waals surface area contributed by atoms with Gasteiger partial charge in [0.15, 0.2) is 0 Å². The minimum absolute atomic E-state index is 0.138. The van der Waals surface area contributed by atoms with E-state index in [0.29, 0.717) is 18.7 Å². The Hall–Kier alpha value is -1.67. The van der Waals surface area contributed by atoms with Crippen LogP contribution < -0.4 is 0 Å². The maximum Gasteiger partial charge on any atom is 0.271 e. The van der Waals surface area contributed by atoms with Crippen molar-refractivity contribution in [3.63, 3.8) is 0 Å². The number of nitriles is 1.